The number of rotatable bonds is 7. The van der Waals surface area contributed by atoms with Crippen LogP contribution in [0.5, 0.6) is 11.5 Å². The molecule has 0 atom stereocenters. The lowest BCUT2D eigenvalue weighted by Crippen LogP contribution is -2.20. The van der Waals surface area contributed by atoms with E-state index in [1.54, 1.807) is 42.3 Å². The first-order valence-electron chi connectivity index (χ1n) is 8.85. The predicted octanol–water partition coefficient (Wildman–Crippen LogP) is 2.65. The van der Waals surface area contributed by atoms with Gasteiger partial charge in [0.15, 0.2) is 23.9 Å². The number of amides is 1. The molecule has 7 nitrogen and oxygen atoms in total. The second-order valence-corrected chi connectivity index (χ2v) is 6.27. The standard InChI is InChI=1S/C21H21NO6/c1-4-27-19-10-14(6-8-18(19)26-3)21(25)28-12-17(23)13-5-7-16-15(9-13)11-20(24)22(16)2/h5-10H,4,11-12H2,1-3H3. The molecule has 146 valence electrons. The van der Waals surface area contributed by atoms with Crippen LogP contribution in [0.3, 0.4) is 0 Å². The zero-order valence-corrected chi connectivity index (χ0v) is 16.0. The van der Waals surface area contributed by atoms with Gasteiger partial charge in [0.25, 0.3) is 0 Å². The number of methoxy groups -OCH3 is 1. The van der Waals surface area contributed by atoms with Crippen molar-refractivity contribution in [3.05, 3.63) is 53.1 Å². The predicted molar refractivity (Wildman–Crippen MR) is 102 cm³/mol. The van der Waals surface area contributed by atoms with Gasteiger partial charge in [0, 0.05) is 18.3 Å². The smallest absolute Gasteiger partial charge is 0.338 e. The number of esters is 1. The Bertz CT molecular complexity index is 936. The van der Waals surface area contributed by atoms with Crippen molar-refractivity contribution in [3.63, 3.8) is 0 Å². The molecule has 0 radical (unpaired) electrons. The van der Waals surface area contributed by atoms with Crippen molar-refractivity contribution in [2.24, 2.45) is 0 Å². The van der Waals surface area contributed by atoms with Crippen molar-refractivity contribution in [2.45, 2.75) is 13.3 Å². The fraction of sp³-hybridized carbons (Fsp3) is 0.286. The summed E-state index contributed by atoms with van der Waals surface area (Å²) in [5.74, 6) is -0.0503. The molecule has 1 aliphatic rings. The first kappa shape index (κ1) is 19.4. The molecule has 0 aliphatic carbocycles. The van der Waals surface area contributed by atoms with E-state index in [-0.39, 0.29) is 23.7 Å². The van der Waals surface area contributed by atoms with E-state index in [1.165, 1.54) is 13.2 Å². The molecule has 2 aromatic rings. The Morgan fingerprint density at radius 2 is 1.82 bits per heavy atom. The minimum atomic E-state index is -0.631. The third-order valence-corrected chi connectivity index (χ3v) is 4.51. The van der Waals surface area contributed by atoms with E-state index in [1.807, 2.05) is 6.92 Å². The fourth-order valence-corrected chi connectivity index (χ4v) is 3.01. The van der Waals surface area contributed by atoms with E-state index < -0.39 is 12.6 Å². The van der Waals surface area contributed by atoms with E-state index >= 15 is 0 Å². The highest BCUT2D eigenvalue weighted by Crippen LogP contribution is 2.29. The molecule has 0 unspecified atom stereocenters. The van der Waals surface area contributed by atoms with Gasteiger partial charge in [-0.3, -0.25) is 9.59 Å². The third-order valence-electron chi connectivity index (χ3n) is 4.51. The molecule has 0 fully saturated rings. The highest BCUT2D eigenvalue weighted by atomic mass is 16.5. The molecule has 2 aromatic carbocycles. The number of benzene rings is 2. The molecule has 0 spiro atoms. The summed E-state index contributed by atoms with van der Waals surface area (Å²) in [6.45, 7) is 1.85. The molecule has 7 heteroatoms. The summed E-state index contributed by atoms with van der Waals surface area (Å²) in [4.78, 5) is 38.0. The van der Waals surface area contributed by atoms with Crippen LogP contribution in [0, 0.1) is 0 Å². The number of anilines is 1. The maximum atomic E-state index is 12.4. The lowest BCUT2D eigenvalue weighted by atomic mass is 10.1. The number of carbonyl (C=O) groups excluding carboxylic acids is 3. The molecule has 28 heavy (non-hydrogen) atoms. The minimum absolute atomic E-state index is 0.0179. The van der Waals surface area contributed by atoms with Crippen LogP contribution in [0.2, 0.25) is 0 Å². The Balaban J connectivity index is 1.67. The van der Waals surface area contributed by atoms with Crippen LogP contribution < -0.4 is 14.4 Å². The number of fused-ring (bicyclic) bond motifs is 1. The van der Waals surface area contributed by atoms with E-state index in [2.05, 4.69) is 0 Å². The molecule has 0 N–H and O–H groups in total. The Kier molecular flexibility index (Phi) is 5.63. The van der Waals surface area contributed by atoms with Crippen LogP contribution in [0.15, 0.2) is 36.4 Å². The van der Waals surface area contributed by atoms with E-state index in [9.17, 15) is 14.4 Å². The largest absolute Gasteiger partial charge is 0.493 e. The van der Waals surface area contributed by atoms with E-state index in [4.69, 9.17) is 14.2 Å². The molecule has 1 amide bonds. The molecular weight excluding hydrogens is 362 g/mol. The zero-order valence-electron chi connectivity index (χ0n) is 16.0. The molecular formula is C21H21NO6. The van der Waals surface area contributed by atoms with Crippen LogP contribution in [0.4, 0.5) is 5.69 Å². The summed E-state index contributed by atoms with van der Waals surface area (Å²) in [6.07, 6.45) is 0.263. The summed E-state index contributed by atoms with van der Waals surface area (Å²) in [6, 6.07) is 9.71. The van der Waals surface area contributed by atoms with Crippen LogP contribution in [0.25, 0.3) is 0 Å². The third kappa shape index (κ3) is 3.83. The quantitative estimate of drug-likeness (QED) is 0.540. The molecule has 0 bridgehead atoms. The molecule has 0 aromatic heterocycles. The number of hydrogen-bond donors (Lipinski definition) is 0. The number of ketones is 1. The summed E-state index contributed by atoms with van der Waals surface area (Å²) >= 11 is 0. The number of carbonyl (C=O) groups is 3. The highest BCUT2D eigenvalue weighted by molar-refractivity contribution is 6.04. The maximum Gasteiger partial charge on any atom is 0.338 e. The SMILES string of the molecule is CCOc1cc(C(=O)OCC(=O)c2ccc3c(c2)CC(=O)N3C)ccc1OC. The first-order valence-corrected chi connectivity index (χ1v) is 8.85. The van der Waals surface area contributed by atoms with Gasteiger partial charge in [0.2, 0.25) is 5.91 Å². The van der Waals surface area contributed by atoms with Crippen molar-refractivity contribution in [2.75, 3.05) is 32.3 Å². The van der Waals surface area contributed by atoms with Crippen molar-refractivity contribution in [1.29, 1.82) is 0 Å². The van der Waals surface area contributed by atoms with Crippen molar-refractivity contribution >= 4 is 23.3 Å². The van der Waals surface area contributed by atoms with Gasteiger partial charge in [-0.15, -0.1) is 0 Å². The van der Waals surface area contributed by atoms with Gasteiger partial charge >= 0.3 is 5.97 Å². The molecule has 0 saturated carbocycles. The topological polar surface area (TPSA) is 82.1 Å². The lowest BCUT2D eigenvalue weighted by molar-refractivity contribution is -0.117. The van der Waals surface area contributed by atoms with E-state index in [0.29, 0.717) is 23.7 Å². The highest BCUT2D eigenvalue weighted by Gasteiger charge is 2.25. The van der Waals surface area contributed by atoms with Crippen LogP contribution in [-0.2, 0) is 16.0 Å². The minimum Gasteiger partial charge on any atom is -0.493 e. The second-order valence-electron chi connectivity index (χ2n) is 6.27. The van der Waals surface area contributed by atoms with Gasteiger partial charge in [-0.05, 0) is 48.9 Å². The Labute approximate surface area is 162 Å². The molecule has 1 aliphatic heterocycles. The second kappa shape index (κ2) is 8.12. The number of hydrogen-bond acceptors (Lipinski definition) is 6. The summed E-state index contributed by atoms with van der Waals surface area (Å²) in [5, 5.41) is 0. The van der Waals surface area contributed by atoms with Crippen LogP contribution in [0.1, 0.15) is 33.2 Å². The normalized spacial score (nSPS) is 12.5. The fourth-order valence-electron chi connectivity index (χ4n) is 3.01. The Morgan fingerprint density at radius 3 is 2.54 bits per heavy atom. The van der Waals surface area contributed by atoms with Gasteiger partial charge < -0.3 is 19.1 Å². The maximum absolute atomic E-state index is 12.4. The van der Waals surface area contributed by atoms with Crippen molar-refractivity contribution < 1.29 is 28.6 Å². The van der Waals surface area contributed by atoms with Gasteiger partial charge in [-0.1, -0.05) is 0 Å². The number of Topliss-reactive ketones (excluding diaryl/α,β-unsaturated/α-hetero) is 1. The monoisotopic (exact) mass is 383 g/mol. The lowest BCUT2D eigenvalue weighted by Gasteiger charge is -2.11. The van der Waals surface area contributed by atoms with Gasteiger partial charge in [0.1, 0.15) is 0 Å². The van der Waals surface area contributed by atoms with Gasteiger partial charge in [-0.2, -0.15) is 0 Å². The van der Waals surface area contributed by atoms with E-state index in [0.717, 1.165) is 11.3 Å². The average molecular weight is 383 g/mol. The summed E-state index contributed by atoms with van der Waals surface area (Å²) < 4.78 is 15.8. The van der Waals surface area contributed by atoms with Gasteiger partial charge in [0.05, 0.1) is 25.7 Å². The molecule has 3 rings (SSSR count). The Morgan fingerprint density at radius 1 is 1.07 bits per heavy atom. The van der Waals surface area contributed by atoms with Crippen LogP contribution >= 0.6 is 0 Å². The van der Waals surface area contributed by atoms with Crippen molar-refractivity contribution in [1.82, 2.24) is 0 Å². The van der Waals surface area contributed by atoms with Crippen LogP contribution in [-0.4, -0.2) is 45.0 Å². The first-order chi connectivity index (χ1) is 13.4. The number of ether oxygens (including phenoxy) is 3. The van der Waals surface area contributed by atoms with Crippen molar-refractivity contribution in [3.8, 4) is 11.5 Å². The Hall–Kier alpha value is -3.35. The summed E-state index contributed by atoms with van der Waals surface area (Å²) in [7, 11) is 3.21. The molecule has 0 saturated heterocycles. The van der Waals surface area contributed by atoms with Gasteiger partial charge in [-0.25, -0.2) is 4.79 Å². The number of nitrogens with zero attached hydrogens (tertiary/aromatic N) is 1. The summed E-state index contributed by atoms with van der Waals surface area (Å²) in [5.41, 5.74) is 2.25. The number of likely N-dealkylation sites (N-methyl/N-ethyl adjacent to an activating group) is 1. The molecule has 1 heterocycles. The average Bonchev–Trinajstić information content (AvgIpc) is 2.99. The zero-order chi connectivity index (χ0) is 20.3.